The van der Waals surface area contributed by atoms with Crippen LogP contribution < -0.4 is 0 Å². The van der Waals surface area contributed by atoms with Crippen molar-refractivity contribution in [3.63, 3.8) is 0 Å². The van der Waals surface area contributed by atoms with Gasteiger partial charge in [-0.15, -0.1) is 11.6 Å². The molecule has 0 spiro atoms. The molecule has 0 aromatic carbocycles. The van der Waals surface area contributed by atoms with E-state index in [9.17, 15) is 0 Å². The molecule has 15 heavy (non-hydrogen) atoms. The van der Waals surface area contributed by atoms with Gasteiger partial charge in [0.05, 0.1) is 0 Å². The van der Waals surface area contributed by atoms with Gasteiger partial charge in [-0.2, -0.15) is 0 Å². The highest BCUT2D eigenvalue weighted by Gasteiger charge is 2.35. The third kappa shape index (κ3) is 3.12. The highest BCUT2D eigenvalue weighted by atomic mass is 35.5. The van der Waals surface area contributed by atoms with Crippen molar-refractivity contribution >= 4 is 11.6 Å². The van der Waals surface area contributed by atoms with Crippen LogP contribution in [0.25, 0.3) is 0 Å². The molecule has 0 aliphatic heterocycles. The molecule has 90 valence electrons. The van der Waals surface area contributed by atoms with Gasteiger partial charge in [-0.3, -0.25) is 0 Å². The van der Waals surface area contributed by atoms with Crippen LogP contribution in [0.1, 0.15) is 60.3 Å². The summed E-state index contributed by atoms with van der Waals surface area (Å²) >= 11 is 6.63. The Labute approximate surface area is 101 Å². The van der Waals surface area contributed by atoms with Gasteiger partial charge in [0.25, 0.3) is 0 Å². The summed E-state index contributed by atoms with van der Waals surface area (Å²) in [6.07, 6.45) is 5.09. The van der Waals surface area contributed by atoms with Gasteiger partial charge in [-0.25, -0.2) is 0 Å². The van der Waals surface area contributed by atoms with Crippen LogP contribution in [0.3, 0.4) is 0 Å². The SMILES string of the molecule is CC[C@@](C)(Cl)C1CCC(C)C(C)[C@H](C)C1. The molecule has 0 nitrogen and oxygen atoms in total. The fourth-order valence-corrected chi connectivity index (χ4v) is 3.10. The largest absolute Gasteiger partial charge is 0.119 e. The van der Waals surface area contributed by atoms with Crippen LogP contribution in [-0.2, 0) is 0 Å². The lowest BCUT2D eigenvalue weighted by Crippen LogP contribution is -2.28. The van der Waals surface area contributed by atoms with E-state index < -0.39 is 0 Å². The minimum absolute atomic E-state index is 0.0258. The number of hydrogen-bond donors (Lipinski definition) is 0. The lowest BCUT2D eigenvalue weighted by atomic mass is 9.80. The van der Waals surface area contributed by atoms with E-state index in [0.717, 1.165) is 24.2 Å². The molecule has 0 aromatic rings. The third-order valence-electron chi connectivity index (χ3n) is 4.96. The molecule has 0 N–H and O–H groups in total. The number of halogens is 1. The minimum Gasteiger partial charge on any atom is -0.119 e. The lowest BCUT2D eigenvalue weighted by Gasteiger charge is -2.32. The molecular weight excluding hydrogens is 204 g/mol. The molecular formula is C14H27Cl. The van der Waals surface area contributed by atoms with E-state index in [1.165, 1.54) is 19.3 Å². The Kier molecular flexibility index (Phi) is 4.52. The summed E-state index contributed by atoms with van der Waals surface area (Å²) in [7, 11) is 0. The summed E-state index contributed by atoms with van der Waals surface area (Å²) in [5.41, 5.74) is 0. The van der Waals surface area contributed by atoms with Crippen LogP contribution in [0.4, 0.5) is 0 Å². The van der Waals surface area contributed by atoms with Crippen LogP contribution in [0.5, 0.6) is 0 Å². The molecule has 0 amide bonds. The second-order valence-electron chi connectivity index (χ2n) is 5.96. The molecule has 0 heterocycles. The maximum Gasteiger partial charge on any atom is 0.0444 e. The lowest BCUT2D eigenvalue weighted by molar-refractivity contribution is 0.260. The monoisotopic (exact) mass is 230 g/mol. The van der Waals surface area contributed by atoms with Gasteiger partial charge in [0.15, 0.2) is 0 Å². The summed E-state index contributed by atoms with van der Waals surface area (Å²) in [5, 5.41) is 0. The second-order valence-corrected chi connectivity index (χ2v) is 6.82. The van der Waals surface area contributed by atoms with Crippen molar-refractivity contribution < 1.29 is 0 Å². The van der Waals surface area contributed by atoms with Crippen LogP contribution >= 0.6 is 11.6 Å². The van der Waals surface area contributed by atoms with Crippen molar-refractivity contribution in [1.29, 1.82) is 0 Å². The quantitative estimate of drug-likeness (QED) is 0.457. The fraction of sp³-hybridized carbons (Fsp3) is 1.00. The van der Waals surface area contributed by atoms with E-state index >= 15 is 0 Å². The molecule has 1 aliphatic carbocycles. The maximum atomic E-state index is 6.63. The van der Waals surface area contributed by atoms with Gasteiger partial charge in [-0.05, 0) is 49.9 Å². The molecule has 1 rings (SSSR count). The van der Waals surface area contributed by atoms with Crippen molar-refractivity contribution in [2.24, 2.45) is 23.7 Å². The number of hydrogen-bond acceptors (Lipinski definition) is 0. The summed E-state index contributed by atoms with van der Waals surface area (Å²) in [6, 6.07) is 0. The topological polar surface area (TPSA) is 0 Å². The zero-order valence-corrected chi connectivity index (χ0v) is 11.8. The highest BCUT2D eigenvalue weighted by molar-refractivity contribution is 6.23. The zero-order valence-electron chi connectivity index (χ0n) is 11.0. The van der Waals surface area contributed by atoms with Gasteiger partial charge in [-0.1, -0.05) is 34.1 Å². The molecule has 0 saturated heterocycles. The van der Waals surface area contributed by atoms with Crippen LogP contribution in [0, 0.1) is 23.7 Å². The predicted octanol–water partition coefficient (Wildman–Crippen LogP) is 5.10. The van der Waals surface area contributed by atoms with E-state index in [4.69, 9.17) is 11.6 Å². The van der Waals surface area contributed by atoms with E-state index in [2.05, 4.69) is 34.6 Å². The standard InChI is InChI=1S/C14H27Cl/c1-6-14(5,15)13-8-7-10(2)12(4)11(3)9-13/h10-13H,6-9H2,1-5H3/t10?,11-,12?,13?,14-/m1/s1. The first-order valence-corrected chi connectivity index (χ1v) is 6.95. The van der Waals surface area contributed by atoms with E-state index in [1.807, 2.05) is 0 Å². The molecule has 3 unspecified atom stereocenters. The average Bonchev–Trinajstić information content (AvgIpc) is 2.32. The minimum atomic E-state index is 0.0258. The van der Waals surface area contributed by atoms with Gasteiger partial charge in [0.2, 0.25) is 0 Å². The van der Waals surface area contributed by atoms with Gasteiger partial charge >= 0.3 is 0 Å². The molecule has 0 radical (unpaired) electrons. The molecule has 1 heteroatoms. The Morgan fingerprint density at radius 2 is 1.73 bits per heavy atom. The van der Waals surface area contributed by atoms with Gasteiger partial charge < -0.3 is 0 Å². The summed E-state index contributed by atoms with van der Waals surface area (Å²) < 4.78 is 0. The van der Waals surface area contributed by atoms with Crippen molar-refractivity contribution in [2.75, 3.05) is 0 Å². The highest BCUT2D eigenvalue weighted by Crippen LogP contribution is 2.43. The van der Waals surface area contributed by atoms with Crippen molar-refractivity contribution in [3.05, 3.63) is 0 Å². The summed E-state index contributed by atoms with van der Waals surface area (Å²) in [5.74, 6) is 3.28. The molecule has 1 aliphatic rings. The van der Waals surface area contributed by atoms with E-state index in [0.29, 0.717) is 5.92 Å². The first-order valence-electron chi connectivity index (χ1n) is 6.57. The van der Waals surface area contributed by atoms with E-state index in [1.54, 1.807) is 0 Å². The predicted molar refractivity (Wildman–Crippen MR) is 69.4 cm³/mol. The third-order valence-corrected chi connectivity index (χ3v) is 5.54. The normalized spacial score (nSPS) is 42.0. The maximum absolute atomic E-state index is 6.63. The van der Waals surface area contributed by atoms with Crippen LogP contribution in [0.2, 0.25) is 0 Å². The first kappa shape index (κ1) is 13.4. The van der Waals surface area contributed by atoms with Crippen molar-refractivity contribution in [3.8, 4) is 0 Å². The fourth-order valence-electron chi connectivity index (χ4n) is 2.90. The van der Waals surface area contributed by atoms with Gasteiger partial charge in [0, 0.05) is 4.87 Å². The molecule has 0 aromatic heterocycles. The molecule has 1 saturated carbocycles. The Balaban J connectivity index is 2.71. The first-order chi connectivity index (χ1) is 6.88. The van der Waals surface area contributed by atoms with Gasteiger partial charge in [0.1, 0.15) is 0 Å². The molecule has 1 fully saturated rings. The molecule has 5 atom stereocenters. The number of alkyl halides is 1. The Hall–Kier alpha value is 0.290. The average molecular weight is 231 g/mol. The van der Waals surface area contributed by atoms with Crippen molar-refractivity contribution in [1.82, 2.24) is 0 Å². The summed E-state index contributed by atoms with van der Waals surface area (Å²) in [4.78, 5) is 0.0258. The van der Waals surface area contributed by atoms with Crippen molar-refractivity contribution in [2.45, 2.75) is 65.2 Å². The summed E-state index contributed by atoms with van der Waals surface area (Å²) in [6.45, 7) is 11.7. The van der Waals surface area contributed by atoms with Crippen LogP contribution in [-0.4, -0.2) is 4.87 Å². The van der Waals surface area contributed by atoms with Crippen LogP contribution in [0.15, 0.2) is 0 Å². The Morgan fingerprint density at radius 3 is 2.27 bits per heavy atom. The number of rotatable bonds is 2. The second kappa shape index (κ2) is 5.08. The molecule has 0 bridgehead atoms. The smallest absolute Gasteiger partial charge is 0.0444 e. The Morgan fingerprint density at radius 1 is 1.13 bits per heavy atom. The van der Waals surface area contributed by atoms with E-state index in [-0.39, 0.29) is 4.87 Å². The zero-order chi connectivity index (χ0) is 11.6. The Bertz CT molecular complexity index is 198.